The van der Waals surface area contributed by atoms with Crippen LogP contribution in [-0.4, -0.2) is 30.0 Å². The largest absolute Gasteiger partial charge is 0.302 e. The van der Waals surface area contributed by atoms with Gasteiger partial charge in [-0.15, -0.1) is 5.10 Å². The van der Waals surface area contributed by atoms with E-state index in [4.69, 9.17) is 0 Å². The number of aryl methyl sites for hydroxylation is 1. The zero-order valence-electron chi connectivity index (χ0n) is 12.4. The molecule has 0 aromatic carbocycles. The molecule has 0 amide bonds. The third-order valence-electron chi connectivity index (χ3n) is 4.64. The van der Waals surface area contributed by atoms with Crippen LogP contribution in [0, 0.1) is 11.8 Å². The van der Waals surface area contributed by atoms with Gasteiger partial charge in [0.15, 0.2) is 5.52 Å². The number of nitrogens with zero attached hydrogens (tertiary/aromatic N) is 5. The molecule has 0 bridgehead atoms. The standard InChI is InChI=1S/C14H18N6OS/c1-8-2-4-9(5-3-8)6-7-10-18-20-13(21)11-12(17-19-16-11)15-14(20)22-10/h8-9H,2-7H2,1H3,(H,16,17,19)/t8-,9-. The number of H-pyrrole nitrogens is 1. The zero-order chi connectivity index (χ0) is 15.1. The van der Waals surface area contributed by atoms with Crippen LogP contribution >= 0.6 is 11.3 Å². The second-order valence-corrected chi connectivity index (χ2v) is 7.32. The maximum atomic E-state index is 12.3. The molecule has 1 fully saturated rings. The lowest BCUT2D eigenvalue weighted by Crippen LogP contribution is -2.16. The summed E-state index contributed by atoms with van der Waals surface area (Å²) in [7, 11) is 0. The van der Waals surface area contributed by atoms with Gasteiger partial charge < -0.3 is 0 Å². The van der Waals surface area contributed by atoms with Gasteiger partial charge in [-0.3, -0.25) is 9.89 Å². The lowest BCUT2D eigenvalue weighted by Gasteiger charge is -2.25. The number of hydrogen-bond donors (Lipinski definition) is 1. The minimum absolute atomic E-state index is 0.223. The molecule has 0 aliphatic heterocycles. The highest BCUT2D eigenvalue weighted by Crippen LogP contribution is 2.31. The molecular formula is C14H18N6OS. The summed E-state index contributed by atoms with van der Waals surface area (Å²) in [5.41, 5.74) is 0.455. The van der Waals surface area contributed by atoms with Crippen LogP contribution in [0.5, 0.6) is 0 Å². The Morgan fingerprint density at radius 1 is 1.32 bits per heavy atom. The van der Waals surface area contributed by atoms with Gasteiger partial charge in [0.25, 0.3) is 0 Å². The maximum absolute atomic E-state index is 12.3. The Labute approximate surface area is 130 Å². The van der Waals surface area contributed by atoms with Crippen molar-refractivity contribution in [2.45, 2.75) is 45.4 Å². The molecule has 0 saturated heterocycles. The van der Waals surface area contributed by atoms with Crippen molar-refractivity contribution < 1.29 is 0 Å². The van der Waals surface area contributed by atoms with Crippen LogP contribution in [0.4, 0.5) is 0 Å². The molecule has 0 atom stereocenters. The summed E-state index contributed by atoms with van der Waals surface area (Å²) in [6, 6.07) is 0. The first-order chi connectivity index (χ1) is 10.7. The highest BCUT2D eigenvalue weighted by atomic mass is 32.1. The van der Waals surface area contributed by atoms with E-state index in [1.54, 1.807) is 0 Å². The Morgan fingerprint density at radius 3 is 2.95 bits per heavy atom. The van der Waals surface area contributed by atoms with E-state index < -0.39 is 0 Å². The summed E-state index contributed by atoms with van der Waals surface area (Å²) >= 11 is 1.48. The van der Waals surface area contributed by atoms with Crippen molar-refractivity contribution in [2.75, 3.05) is 0 Å². The SMILES string of the molecule is C[C@H]1CC[C@H](CCc2nn3c(=O)c4[nH]nnc4nc3s2)CC1. The molecule has 3 aromatic heterocycles. The highest BCUT2D eigenvalue weighted by Gasteiger charge is 2.19. The Morgan fingerprint density at radius 2 is 2.14 bits per heavy atom. The van der Waals surface area contributed by atoms with Gasteiger partial charge in [0.05, 0.1) is 0 Å². The Bertz CT molecular complexity index is 857. The van der Waals surface area contributed by atoms with E-state index in [9.17, 15) is 4.79 Å². The lowest BCUT2D eigenvalue weighted by molar-refractivity contribution is 0.277. The van der Waals surface area contributed by atoms with Crippen LogP contribution in [0.1, 0.15) is 44.0 Å². The first-order valence-electron chi connectivity index (χ1n) is 7.80. The second-order valence-electron chi connectivity index (χ2n) is 6.28. The normalized spacial score (nSPS) is 22.6. The van der Waals surface area contributed by atoms with Gasteiger partial charge in [0, 0.05) is 6.42 Å². The highest BCUT2D eigenvalue weighted by molar-refractivity contribution is 7.16. The van der Waals surface area contributed by atoms with Gasteiger partial charge in [0.2, 0.25) is 10.6 Å². The molecule has 3 aromatic rings. The van der Waals surface area contributed by atoms with Gasteiger partial charge in [-0.05, 0) is 18.3 Å². The fraction of sp³-hybridized carbons (Fsp3) is 0.643. The molecule has 4 rings (SSSR count). The van der Waals surface area contributed by atoms with Gasteiger partial charge in [-0.25, -0.2) is 0 Å². The quantitative estimate of drug-likeness (QED) is 0.799. The van der Waals surface area contributed by atoms with Crippen molar-refractivity contribution in [3.63, 3.8) is 0 Å². The Hall–Kier alpha value is -1.83. The van der Waals surface area contributed by atoms with Crippen LogP contribution in [-0.2, 0) is 6.42 Å². The number of aromatic nitrogens is 6. The van der Waals surface area contributed by atoms with E-state index >= 15 is 0 Å². The first kappa shape index (κ1) is 13.8. The van der Waals surface area contributed by atoms with Gasteiger partial charge in [-0.1, -0.05) is 49.2 Å². The zero-order valence-corrected chi connectivity index (χ0v) is 13.3. The average Bonchev–Trinajstić information content (AvgIpc) is 3.14. The summed E-state index contributed by atoms with van der Waals surface area (Å²) < 4.78 is 1.37. The number of aromatic amines is 1. The van der Waals surface area contributed by atoms with Crippen LogP contribution in [0.25, 0.3) is 16.1 Å². The van der Waals surface area contributed by atoms with Crippen molar-refractivity contribution in [3.8, 4) is 0 Å². The smallest absolute Gasteiger partial charge is 0.265 e. The van der Waals surface area contributed by atoms with Gasteiger partial charge >= 0.3 is 5.56 Å². The molecule has 1 saturated carbocycles. The molecular weight excluding hydrogens is 300 g/mol. The summed E-state index contributed by atoms with van der Waals surface area (Å²) in [4.78, 5) is 17.2. The summed E-state index contributed by atoms with van der Waals surface area (Å²) in [5, 5.41) is 15.4. The van der Waals surface area contributed by atoms with Crippen LogP contribution < -0.4 is 5.56 Å². The molecule has 22 heavy (non-hydrogen) atoms. The minimum Gasteiger partial charge on any atom is -0.265 e. The third-order valence-corrected chi connectivity index (χ3v) is 5.61. The lowest BCUT2D eigenvalue weighted by atomic mass is 9.81. The molecule has 0 spiro atoms. The van der Waals surface area contributed by atoms with Gasteiger partial charge in [-0.2, -0.15) is 14.6 Å². The minimum atomic E-state index is -0.223. The Kier molecular flexibility index (Phi) is 3.40. The molecule has 1 aliphatic rings. The monoisotopic (exact) mass is 318 g/mol. The summed E-state index contributed by atoms with van der Waals surface area (Å²) in [5.74, 6) is 1.68. The number of fused-ring (bicyclic) bond motifs is 2. The van der Waals surface area contributed by atoms with Crippen molar-refractivity contribution in [1.82, 2.24) is 30.0 Å². The van der Waals surface area contributed by atoms with Crippen molar-refractivity contribution in [2.24, 2.45) is 11.8 Å². The van der Waals surface area contributed by atoms with Crippen LogP contribution in [0.3, 0.4) is 0 Å². The molecule has 0 unspecified atom stereocenters. The van der Waals surface area contributed by atoms with Crippen LogP contribution in [0.15, 0.2) is 4.79 Å². The summed E-state index contributed by atoms with van der Waals surface area (Å²) in [6.45, 7) is 2.34. The van der Waals surface area contributed by atoms with Crippen molar-refractivity contribution in [3.05, 3.63) is 15.4 Å². The van der Waals surface area contributed by atoms with Gasteiger partial charge in [0.1, 0.15) is 5.01 Å². The Balaban J connectivity index is 1.55. The predicted octanol–water partition coefficient (Wildman–Crippen LogP) is 2.18. The number of nitrogens with one attached hydrogen (secondary N) is 1. The van der Waals surface area contributed by atoms with E-state index in [0.717, 1.165) is 29.7 Å². The fourth-order valence-electron chi connectivity index (χ4n) is 3.21. The molecule has 1 aliphatic carbocycles. The third kappa shape index (κ3) is 2.41. The fourth-order valence-corrected chi connectivity index (χ4v) is 4.11. The van der Waals surface area contributed by atoms with E-state index in [-0.39, 0.29) is 5.56 Å². The molecule has 0 radical (unpaired) electrons. The molecule has 3 heterocycles. The van der Waals surface area contributed by atoms with Crippen LogP contribution in [0.2, 0.25) is 0 Å². The number of hydrogen-bond acceptors (Lipinski definition) is 6. The van der Waals surface area contributed by atoms with E-state index in [1.165, 1.54) is 41.5 Å². The first-order valence-corrected chi connectivity index (χ1v) is 8.62. The summed E-state index contributed by atoms with van der Waals surface area (Å²) in [6.07, 6.45) is 7.40. The second kappa shape index (κ2) is 5.42. The maximum Gasteiger partial charge on any atom is 0.302 e. The molecule has 116 valence electrons. The van der Waals surface area contributed by atoms with Crippen molar-refractivity contribution in [1.29, 1.82) is 0 Å². The molecule has 8 heteroatoms. The van der Waals surface area contributed by atoms with E-state index in [0.29, 0.717) is 16.1 Å². The number of rotatable bonds is 3. The van der Waals surface area contributed by atoms with E-state index in [1.807, 2.05) is 0 Å². The molecule has 1 N–H and O–H groups in total. The van der Waals surface area contributed by atoms with Crippen molar-refractivity contribution >= 4 is 27.5 Å². The van der Waals surface area contributed by atoms with E-state index in [2.05, 4.69) is 32.4 Å². The molecule has 7 nitrogen and oxygen atoms in total. The predicted molar refractivity (Wildman–Crippen MR) is 84.0 cm³/mol. The topological polar surface area (TPSA) is 88.8 Å². The average molecular weight is 318 g/mol.